The Bertz CT molecular complexity index is 748. The van der Waals surface area contributed by atoms with E-state index in [-0.39, 0.29) is 11.7 Å². The monoisotopic (exact) mass is 376 g/mol. The van der Waals surface area contributed by atoms with Crippen LogP contribution in [0.4, 0.5) is 26.3 Å². The largest absolute Gasteiger partial charge is 0.491 e. The van der Waals surface area contributed by atoms with Crippen LogP contribution in [-0.4, -0.2) is 25.5 Å². The summed E-state index contributed by atoms with van der Waals surface area (Å²) < 4.78 is 89.5. The fourth-order valence-corrected chi connectivity index (χ4v) is 2.57. The molecule has 1 heterocycles. The first kappa shape index (κ1) is 18.6. The first-order chi connectivity index (χ1) is 12.1. The number of hydrogen-bond acceptors (Lipinski definition) is 2. The first-order valence-electron chi connectivity index (χ1n) is 7.73. The number of rotatable bonds is 5. The van der Waals surface area contributed by atoms with E-state index in [1.54, 1.807) is 0 Å². The molecule has 2 unspecified atom stereocenters. The normalized spacial score (nSPS) is 18.5. The van der Waals surface area contributed by atoms with Gasteiger partial charge in [0.05, 0.1) is 12.2 Å². The molecule has 1 saturated heterocycles. The van der Waals surface area contributed by atoms with Crippen molar-refractivity contribution in [1.29, 1.82) is 0 Å². The van der Waals surface area contributed by atoms with Gasteiger partial charge in [0.25, 0.3) is 0 Å². The molecule has 140 valence electrons. The highest BCUT2D eigenvalue weighted by Gasteiger charge is 2.43. The van der Waals surface area contributed by atoms with Gasteiger partial charge in [-0.1, -0.05) is 30.3 Å². The lowest BCUT2D eigenvalue weighted by Crippen LogP contribution is -2.22. The van der Waals surface area contributed by atoms with Gasteiger partial charge >= 0.3 is 12.4 Å². The molecule has 26 heavy (non-hydrogen) atoms. The average Bonchev–Trinajstić information content (AvgIpc) is 3.37. The van der Waals surface area contributed by atoms with E-state index in [4.69, 9.17) is 9.47 Å². The van der Waals surface area contributed by atoms with Gasteiger partial charge in [-0.2, -0.15) is 26.3 Å². The zero-order valence-corrected chi connectivity index (χ0v) is 13.3. The summed E-state index contributed by atoms with van der Waals surface area (Å²) in [6, 6.07) is 8.45. The average molecular weight is 376 g/mol. The highest BCUT2D eigenvalue weighted by molar-refractivity contribution is 5.39. The van der Waals surface area contributed by atoms with Crippen LogP contribution in [0.15, 0.2) is 48.5 Å². The minimum atomic E-state index is -4.74. The number of ether oxygens (including phenoxy) is 2. The summed E-state index contributed by atoms with van der Waals surface area (Å²) in [5, 5.41) is 0. The third-order valence-electron chi connectivity index (χ3n) is 3.93. The Hall–Kier alpha value is -2.22. The van der Waals surface area contributed by atoms with Crippen LogP contribution in [-0.2, 0) is 10.9 Å². The van der Waals surface area contributed by atoms with Gasteiger partial charge in [-0.3, -0.25) is 0 Å². The zero-order chi connectivity index (χ0) is 18.9. The molecule has 0 radical (unpaired) electrons. The number of alkyl halides is 6. The minimum Gasteiger partial charge on any atom is -0.491 e. The van der Waals surface area contributed by atoms with Crippen molar-refractivity contribution in [3.05, 3.63) is 65.2 Å². The second-order valence-electron chi connectivity index (χ2n) is 5.93. The Labute approximate surface area is 145 Å². The highest BCUT2D eigenvalue weighted by Crippen LogP contribution is 2.42. The van der Waals surface area contributed by atoms with E-state index in [1.165, 1.54) is 24.3 Å². The van der Waals surface area contributed by atoms with Crippen molar-refractivity contribution in [3.8, 4) is 5.75 Å². The highest BCUT2D eigenvalue weighted by atomic mass is 19.4. The van der Waals surface area contributed by atoms with Crippen molar-refractivity contribution in [3.63, 3.8) is 0 Å². The van der Waals surface area contributed by atoms with E-state index in [0.29, 0.717) is 25.0 Å². The van der Waals surface area contributed by atoms with Crippen LogP contribution < -0.4 is 4.74 Å². The fraction of sp³-hybridized carbons (Fsp3) is 0.333. The summed E-state index contributed by atoms with van der Waals surface area (Å²) in [7, 11) is 0. The van der Waals surface area contributed by atoms with Crippen LogP contribution in [0.1, 0.15) is 22.6 Å². The number of halogens is 6. The molecule has 2 atom stereocenters. The van der Waals surface area contributed by atoms with Gasteiger partial charge in [-0.25, -0.2) is 0 Å². The molecule has 1 aliphatic rings. The second-order valence-corrected chi connectivity index (χ2v) is 5.93. The van der Waals surface area contributed by atoms with E-state index < -0.39 is 29.4 Å². The molecule has 0 saturated carbocycles. The van der Waals surface area contributed by atoms with Crippen LogP contribution >= 0.6 is 0 Å². The van der Waals surface area contributed by atoms with E-state index in [0.717, 1.165) is 18.2 Å². The van der Waals surface area contributed by atoms with Crippen LogP contribution in [0, 0.1) is 0 Å². The molecule has 8 heteroatoms. The maximum atomic E-state index is 13.6. The van der Waals surface area contributed by atoms with Crippen molar-refractivity contribution in [2.24, 2.45) is 0 Å². The Kier molecular flexibility index (Phi) is 4.88. The summed E-state index contributed by atoms with van der Waals surface area (Å²) in [5.74, 6) is -1.79. The Morgan fingerprint density at radius 2 is 1.62 bits per heavy atom. The molecule has 0 N–H and O–H groups in total. The Morgan fingerprint density at radius 1 is 0.962 bits per heavy atom. The van der Waals surface area contributed by atoms with Gasteiger partial charge in [-0.15, -0.1) is 0 Å². The minimum absolute atomic E-state index is 0.00251. The van der Waals surface area contributed by atoms with Gasteiger partial charge in [-0.05, 0) is 29.3 Å². The lowest BCUT2D eigenvalue weighted by Gasteiger charge is -2.22. The first-order valence-corrected chi connectivity index (χ1v) is 7.73. The quantitative estimate of drug-likeness (QED) is 0.530. The summed E-state index contributed by atoms with van der Waals surface area (Å²) >= 11 is 0. The molecule has 2 aromatic rings. The van der Waals surface area contributed by atoms with Crippen LogP contribution in [0.25, 0.3) is 0 Å². The fourth-order valence-electron chi connectivity index (χ4n) is 2.57. The van der Waals surface area contributed by atoms with Gasteiger partial charge < -0.3 is 9.47 Å². The molecule has 0 bridgehead atoms. The van der Waals surface area contributed by atoms with E-state index in [9.17, 15) is 26.3 Å². The molecular weight excluding hydrogens is 362 g/mol. The maximum Gasteiger partial charge on any atom is 0.416 e. The van der Waals surface area contributed by atoms with Gasteiger partial charge in [0, 0.05) is 0 Å². The summed E-state index contributed by atoms with van der Waals surface area (Å²) in [4.78, 5) is 0. The van der Waals surface area contributed by atoms with E-state index in [2.05, 4.69) is 0 Å². The van der Waals surface area contributed by atoms with Crippen molar-refractivity contribution in [2.75, 3.05) is 13.2 Å². The number of benzene rings is 2. The summed E-state index contributed by atoms with van der Waals surface area (Å²) in [6.07, 6.45) is -9.45. The molecule has 1 fully saturated rings. The molecular formula is C18H14F6O2. The molecule has 0 aliphatic carbocycles. The topological polar surface area (TPSA) is 21.8 Å². The number of hydrogen-bond donors (Lipinski definition) is 0. The lowest BCUT2D eigenvalue weighted by atomic mass is 9.89. The Morgan fingerprint density at radius 3 is 2.15 bits per heavy atom. The third-order valence-corrected chi connectivity index (χ3v) is 3.93. The third kappa shape index (κ3) is 4.49. The SMILES string of the molecule is FC(F)(F)c1cccc(C(c2ccc(OCC3CO3)cc2)C(F)(F)F)c1. The predicted octanol–water partition coefficient (Wildman–Crippen LogP) is 5.18. The van der Waals surface area contributed by atoms with Crippen LogP contribution in [0.3, 0.4) is 0 Å². The van der Waals surface area contributed by atoms with E-state index >= 15 is 0 Å². The van der Waals surface area contributed by atoms with Crippen LogP contribution in [0.5, 0.6) is 5.75 Å². The summed E-state index contributed by atoms with van der Waals surface area (Å²) in [5.41, 5.74) is -1.74. The van der Waals surface area contributed by atoms with Gasteiger partial charge in [0.2, 0.25) is 0 Å². The maximum absolute atomic E-state index is 13.6. The molecule has 2 aromatic carbocycles. The summed E-state index contributed by atoms with van der Waals surface area (Å²) in [6.45, 7) is 0.888. The Balaban J connectivity index is 1.89. The molecule has 2 nitrogen and oxygen atoms in total. The molecule has 0 spiro atoms. The number of epoxide rings is 1. The van der Waals surface area contributed by atoms with Gasteiger partial charge in [0.1, 0.15) is 24.4 Å². The molecule has 0 amide bonds. The lowest BCUT2D eigenvalue weighted by molar-refractivity contribution is -0.143. The van der Waals surface area contributed by atoms with Gasteiger partial charge in [0.15, 0.2) is 0 Å². The predicted molar refractivity (Wildman–Crippen MR) is 81.0 cm³/mol. The molecule has 0 aromatic heterocycles. The standard InChI is InChI=1S/C18H14F6O2/c19-17(20,21)13-3-1-2-12(8-13)16(18(22,23)24)11-4-6-14(7-5-11)25-9-15-10-26-15/h1-8,15-16H,9-10H2. The second kappa shape index (κ2) is 6.83. The smallest absolute Gasteiger partial charge is 0.416 e. The zero-order valence-electron chi connectivity index (χ0n) is 13.3. The van der Waals surface area contributed by atoms with Crippen LogP contribution in [0.2, 0.25) is 0 Å². The van der Waals surface area contributed by atoms with Crippen molar-refractivity contribution >= 4 is 0 Å². The van der Waals surface area contributed by atoms with Crippen molar-refractivity contribution < 1.29 is 35.8 Å². The van der Waals surface area contributed by atoms with Crippen molar-refractivity contribution in [1.82, 2.24) is 0 Å². The van der Waals surface area contributed by atoms with Crippen molar-refractivity contribution in [2.45, 2.75) is 24.4 Å². The molecule has 3 rings (SSSR count). The van der Waals surface area contributed by atoms with E-state index in [1.807, 2.05) is 0 Å². The molecule has 1 aliphatic heterocycles.